The van der Waals surface area contributed by atoms with E-state index in [-0.39, 0.29) is 0 Å². The van der Waals surface area contributed by atoms with Crippen molar-refractivity contribution in [3.8, 4) is 0 Å². The molecule has 2 rings (SSSR count). The van der Waals surface area contributed by atoms with E-state index < -0.39 is 0 Å². The molecule has 100 valence electrons. The number of nitrogens with one attached hydrogen (secondary N) is 1. The third-order valence-corrected chi connectivity index (χ3v) is 4.49. The summed E-state index contributed by atoms with van der Waals surface area (Å²) in [4.78, 5) is 5.23. The van der Waals surface area contributed by atoms with Gasteiger partial charge in [0.15, 0.2) is 0 Å². The summed E-state index contributed by atoms with van der Waals surface area (Å²) in [7, 11) is 2.25. The first kappa shape index (κ1) is 13.3. The summed E-state index contributed by atoms with van der Waals surface area (Å²) in [6, 6.07) is 2.33. The maximum Gasteiger partial charge on any atom is 0.0198 e. The fourth-order valence-corrected chi connectivity index (χ4v) is 3.64. The standard InChI is InChI=1S/C14H29N3/c1-4-15-13-6-5-7-14(10-13)17-9-8-16(3)11-12(17)2/h12-15H,4-11H2,1-3H3. The van der Waals surface area contributed by atoms with Gasteiger partial charge in [-0.3, -0.25) is 4.90 Å². The third-order valence-electron chi connectivity index (χ3n) is 4.49. The number of likely N-dealkylation sites (N-methyl/N-ethyl adjacent to an activating group) is 1. The van der Waals surface area contributed by atoms with Crippen molar-refractivity contribution < 1.29 is 0 Å². The van der Waals surface area contributed by atoms with E-state index in [1.165, 1.54) is 45.3 Å². The number of rotatable bonds is 3. The second-order valence-electron chi connectivity index (χ2n) is 5.92. The van der Waals surface area contributed by atoms with Gasteiger partial charge in [-0.1, -0.05) is 13.3 Å². The van der Waals surface area contributed by atoms with Crippen molar-refractivity contribution in [3.05, 3.63) is 0 Å². The van der Waals surface area contributed by atoms with Gasteiger partial charge < -0.3 is 10.2 Å². The van der Waals surface area contributed by atoms with E-state index >= 15 is 0 Å². The molecule has 1 aliphatic carbocycles. The van der Waals surface area contributed by atoms with Gasteiger partial charge in [-0.2, -0.15) is 0 Å². The van der Waals surface area contributed by atoms with Crippen molar-refractivity contribution in [3.63, 3.8) is 0 Å². The molecule has 0 bridgehead atoms. The summed E-state index contributed by atoms with van der Waals surface area (Å²) in [6.07, 6.45) is 5.56. The van der Waals surface area contributed by atoms with Gasteiger partial charge in [-0.05, 0) is 39.8 Å². The zero-order valence-corrected chi connectivity index (χ0v) is 11.8. The highest BCUT2D eigenvalue weighted by atomic mass is 15.3. The molecule has 0 radical (unpaired) electrons. The number of hydrogen-bond donors (Lipinski definition) is 1. The predicted octanol–water partition coefficient (Wildman–Crippen LogP) is 1.54. The van der Waals surface area contributed by atoms with E-state index in [1.807, 2.05) is 0 Å². The van der Waals surface area contributed by atoms with Crippen LogP contribution in [0.4, 0.5) is 0 Å². The highest BCUT2D eigenvalue weighted by Gasteiger charge is 2.31. The molecule has 2 fully saturated rings. The Bertz CT molecular complexity index is 230. The number of piperazine rings is 1. The molecule has 1 aliphatic heterocycles. The molecular weight excluding hydrogens is 210 g/mol. The Hall–Kier alpha value is -0.120. The Morgan fingerprint density at radius 3 is 2.76 bits per heavy atom. The van der Waals surface area contributed by atoms with Gasteiger partial charge in [0.2, 0.25) is 0 Å². The minimum Gasteiger partial charge on any atom is -0.314 e. The number of nitrogens with zero attached hydrogens (tertiary/aromatic N) is 2. The van der Waals surface area contributed by atoms with Crippen molar-refractivity contribution in [2.24, 2.45) is 0 Å². The van der Waals surface area contributed by atoms with Gasteiger partial charge >= 0.3 is 0 Å². The largest absolute Gasteiger partial charge is 0.314 e. The number of hydrogen-bond acceptors (Lipinski definition) is 3. The quantitative estimate of drug-likeness (QED) is 0.806. The zero-order chi connectivity index (χ0) is 12.3. The first-order chi connectivity index (χ1) is 8.20. The summed E-state index contributed by atoms with van der Waals surface area (Å²) < 4.78 is 0. The van der Waals surface area contributed by atoms with Gasteiger partial charge in [0, 0.05) is 37.8 Å². The highest BCUT2D eigenvalue weighted by Crippen LogP contribution is 2.26. The maximum atomic E-state index is 3.64. The Morgan fingerprint density at radius 2 is 2.06 bits per heavy atom. The van der Waals surface area contributed by atoms with Crippen molar-refractivity contribution in [1.82, 2.24) is 15.1 Å². The highest BCUT2D eigenvalue weighted by molar-refractivity contribution is 4.88. The molecule has 17 heavy (non-hydrogen) atoms. The molecule has 1 saturated heterocycles. The summed E-state index contributed by atoms with van der Waals surface area (Å²) in [5.41, 5.74) is 0. The Morgan fingerprint density at radius 1 is 1.24 bits per heavy atom. The fraction of sp³-hybridized carbons (Fsp3) is 1.00. The van der Waals surface area contributed by atoms with E-state index in [0.29, 0.717) is 0 Å². The molecule has 1 N–H and O–H groups in total. The monoisotopic (exact) mass is 239 g/mol. The van der Waals surface area contributed by atoms with Crippen molar-refractivity contribution >= 4 is 0 Å². The van der Waals surface area contributed by atoms with E-state index in [2.05, 4.69) is 36.0 Å². The van der Waals surface area contributed by atoms with Crippen molar-refractivity contribution in [2.75, 3.05) is 33.2 Å². The van der Waals surface area contributed by atoms with Crippen LogP contribution in [0.5, 0.6) is 0 Å². The zero-order valence-electron chi connectivity index (χ0n) is 11.8. The smallest absolute Gasteiger partial charge is 0.0198 e. The van der Waals surface area contributed by atoms with Crippen LogP contribution >= 0.6 is 0 Å². The maximum absolute atomic E-state index is 3.64. The van der Waals surface area contributed by atoms with Crippen LogP contribution < -0.4 is 5.32 Å². The Kier molecular flexibility index (Phi) is 4.83. The van der Waals surface area contributed by atoms with Gasteiger partial charge in [0.1, 0.15) is 0 Å². The summed E-state index contributed by atoms with van der Waals surface area (Å²) >= 11 is 0. The second-order valence-corrected chi connectivity index (χ2v) is 5.92. The molecule has 3 unspecified atom stereocenters. The van der Waals surface area contributed by atoms with Crippen molar-refractivity contribution in [1.29, 1.82) is 0 Å². The molecule has 2 aliphatic rings. The first-order valence-electron chi connectivity index (χ1n) is 7.38. The fourth-order valence-electron chi connectivity index (χ4n) is 3.64. The average molecular weight is 239 g/mol. The van der Waals surface area contributed by atoms with Crippen LogP contribution in [0.1, 0.15) is 39.5 Å². The van der Waals surface area contributed by atoms with Crippen molar-refractivity contribution in [2.45, 2.75) is 57.7 Å². The molecule has 0 amide bonds. The normalized spacial score (nSPS) is 37.2. The molecule has 0 aromatic heterocycles. The van der Waals surface area contributed by atoms with Gasteiger partial charge in [0.25, 0.3) is 0 Å². The lowest BCUT2D eigenvalue weighted by Gasteiger charge is -2.45. The molecule has 1 heterocycles. The average Bonchev–Trinajstić information content (AvgIpc) is 2.29. The summed E-state index contributed by atoms with van der Waals surface area (Å²) in [6.45, 7) is 9.49. The molecule has 1 saturated carbocycles. The second kappa shape index (κ2) is 6.17. The Balaban J connectivity index is 1.88. The SMILES string of the molecule is CCNC1CCCC(N2CCN(C)CC2C)C1. The summed E-state index contributed by atoms with van der Waals surface area (Å²) in [5, 5.41) is 3.64. The van der Waals surface area contributed by atoms with E-state index in [4.69, 9.17) is 0 Å². The molecule has 3 atom stereocenters. The van der Waals surface area contributed by atoms with Crippen LogP contribution in [0, 0.1) is 0 Å². The van der Waals surface area contributed by atoms with E-state index in [9.17, 15) is 0 Å². The first-order valence-corrected chi connectivity index (χ1v) is 7.38. The molecule has 0 aromatic rings. The van der Waals surface area contributed by atoms with Crippen LogP contribution in [0.3, 0.4) is 0 Å². The van der Waals surface area contributed by atoms with Crippen LogP contribution in [-0.4, -0.2) is 61.2 Å². The van der Waals surface area contributed by atoms with Gasteiger partial charge in [-0.15, -0.1) is 0 Å². The topological polar surface area (TPSA) is 18.5 Å². The lowest BCUT2D eigenvalue weighted by molar-refractivity contribution is 0.0399. The minimum atomic E-state index is 0.735. The minimum absolute atomic E-state index is 0.735. The lowest BCUT2D eigenvalue weighted by Crippen LogP contribution is -2.56. The third kappa shape index (κ3) is 3.43. The molecule has 3 heteroatoms. The molecule has 3 nitrogen and oxygen atoms in total. The molecule has 0 aromatic carbocycles. The molecular formula is C14H29N3. The Labute approximate surface area is 107 Å². The molecule has 0 spiro atoms. The van der Waals surface area contributed by atoms with Gasteiger partial charge in [-0.25, -0.2) is 0 Å². The van der Waals surface area contributed by atoms with Gasteiger partial charge in [0.05, 0.1) is 0 Å². The lowest BCUT2D eigenvalue weighted by atomic mass is 9.88. The predicted molar refractivity (Wildman–Crippen MR) is 73.4 cm³/mol. The van der Waals surface area contributed by atoms with Crippen LogP contribution in [0.25, 0.3) is 0 Å². The van der Waals surface area contributed by atoms with Crippen LogP contribution in [0.15, 0.2) is 0 Å². The van der Waals surface area contributed by atoms with Crippen LogP contribution in [0.2, 0.25) is 0 Å². The van der Waals surface area contributed by atoms with E-state index in [0.717, 1.165) is 24.7 Å². The summed E-state index contributed by atoms with van der Waals surface area (Å²) in [5.74, 6) is 0. The van der Waals surface area contributed by atoms with E-state index in [1.54, 1.807) is 0 Å². The van der Waals surface area contributed by atoms with Crippen LogP contribution in [-0.2, 0) is 0 Å².